The summed E-state index contributed by atoms with van der Waals surface area (Å²) in [7, 11) is 1.62. The Bertz CT molecular complexity index is 367. The number of nitrogens with two attached hydrogens (primary N) is 1. The highest BCUT2D eigenvalue weighted by atomic mass is 16.6. The third-order valence-corrected chi connectivity index (χ3v) is 2.46. The van der Waals surface area contributed by atoms with Gasteiger partial charge in [-0.25, -0.2) is 5.90 Å². The number of hydrogen-bond donors (Lipinski definition) is 1. The van der Waals surface area contributed by atoms with Crippen LogP contribution in [0.15, 0.2) is 12.1 Å². The molecule has 2 rings (SSSR count). The molecule has 0 amide bonds. The first-order valence-corrected chi connectivity index (χ1v) is 5.14. The molecule has 0 fully saturated rings. The lowest BCUT2D eigenvalue weighted by Gasteiger charge is -2.22. The monoisotopic (exact) mass is 225 g/mol. The first kappa shape index (κ1) is 11.0. The topological polar surface area (TPSA) is 62.9 Å². The predicted molar refractivity (Wildman–Crippen MR) is 57.8 cm³/mol. The van der Waals surface area contributed by atoms with E-state index < -0.39 is 0 Å². The van der Waals surface area contributed by atoms with Crippen molar-refractivity contribution < 1.29 is 19.0 Å². The quantitative estimate of drug-likeness (QED) is 0.771. The molecule has 0 bridgehead atoms. The van der Waals surface area contributed by atoms with Crippen LogP contribution in [-0.4, -0.2) is 26.9 Å². The summed E-state index contributed by atoms with van der Waals surface area (Å²) in [5, 5.41) is 0. The summed E-state index contributed by atoms with van der Waals surface area (Å²) >= 11 is 0. The second kappa shape index (κ2) is 5.05. The van der Waals surface area contributed by atoms with Gasteiger partial charge in [-0.15, -0.1) is 0 Å². The van der Waals surface area contributed by atoms with E-state index in [1.54, 1.807) is 7.11 Å². The summed E-state index contributed by atoms with van der Waals surface area (Å²) < 4.78 is 16.4. The molecule has 1 aliphatic heterocycles. The highest BCUT2D eigenvalue weighted by molar-refractivity contribution is 5.54. The first-order valence-electron chi connectivity index (χ1n) is 5.14. The van der Waals surface area contributed by atoms with Crippen molar-refractivity contribution in [1.82, 2.24) is 0 Å². The summed E-state index contributed by atoms with van der Waals surface area (Å²) in [5.74, 6) is 7.28. The van der Waals surface area contributed by atoms with Crippen LogP contribution in [0.25, 0.3) is 0 Å². The third-order valence-electron chi connectivity index (χ3n) is 2.46. The number of ether oxygens (including phenoxy) is 3. The van der Waals surface area contributed by atoms with Crippen LogP contribution in [0.5, 0.6) is 17.2 Å². The average Bonchev–Trinajstić information content (AvgIpc) is 2.35. The van der Waals surface area contributed by atoms with E-state index >= 15 is 0 Å². The highest BCUT2D eigenvalue weighted by Crippen LogP contribution is 2.39. The van der Waals surface area contributed by atoms with Gasteiger partial charge in [0, 0.05) is 12.0 Å². The zero-order valence-corrected chi connectivity index (χ0v) is 9.19. The van der Waals surface area contributed by atoms with Crippen LogP contribution in [-0.2, 0) is 11.3 Å². The highest BCUT2D eigenvalue weighted by Gasteiger charge is 2.19. The predicted octanol–water partition coefficient (Wildman–Crippen LogP) is 0.899. The Kier molecular flexibility index (Phi) is 3.48. The minimum absolute atomic E-state index is 0.413. The lowest BCUT2D eigenvalue weighted by Crippen LogP contribution is -2.17. The van der Waals surface area contributed by atoms with Gasteiger partial charge < -0.3 is 19.0 Å². The van der Waals surface area contributed by atoms with Crippen LogP contribution < -0.4 is 20.1 Å². The summed E-state index contributed by atoms with van der Waals surface area (Å²) in [6.45, 7) is 1.54. The molecule has 0 unspecified atom stereocenters. The van der Waals surface area contributed by atoms with Crippen molar-refractivity contribution >= 4 is 0 Å². The number of rotatable bonds is 4. The molecule has 2 N–H and O–H groups in total. The van der Waals surface area contributed by atoms with Crippen LogP contribution in [0.1, 0.15) is 5.56 Å². The second-order valence-electron chi connectivity index (χ2n) is 3.39. The van der Waals surface area contributed by atoms with Crippen molar-refractivity contribution in [3.8, 4) is 17.2 Å². The third kappa shape index (κ3) is 2.05. The van der Waals surface area contributed by atoms with Gasteiger partial charge >= 0.3 is 0 Å². The van der Waals surface area contributed by atoms with Crippen LogP contribution in [0.4, 0.5) is 0 Å². The van der Waals surface area contributed by atoms with E-state index in [1.807, 2.05) is 12.1 Å². The van der Waals surface area contributed by atoms with E-state index in [1.165, 1.54) is 0 Å². The molecule has 0 spiro atoms. The second-order valence-corrected chi connectivity index (χ2v) is 3.39. The molecule has 0 saturated heterocycles. The van der Waals surface area contributed by atoms with E-state index in [0.29, 0.717) is 26.2 Å². The minimum Gasteiger partial charge on any atom is -0.496 e. The smallest absolute Gasteiger partial charge is 0.168 e. The van der Waals surface area contributed by atoms with Gasteiger partial charge in [0.1, 0.15) is 19.0 Å². The summed E-state index contributed by atoms with van der Waals surface area (Å²) in [6, 6.07) is 3.71. The summed E-state index contributed by atoms with van der Waals surface area (Å²) in [6.07, 6.45) is 0.631. The zero-order chi connectivity index (χ0) is 11.4. The molecule has 0 radical (unpaired) electrons. The summed E-state index contributed by atoms with van der Waals surface area (Å²) in [5.41, 5.74) is 0.935. The molecule has 0 atom stereocenters. The molecule has 5 nitrogen and oxygen atoms in total. The Labute approximate surface area is 94.0 Å². The van der Waals surface area contributed by atoms with E-state index in [4.69, 9.17) is 20.1 Å². The molecular weight excluding hydrogens is 210 g/mol. The Balaban J connectivity index is 2.35. The van der Waals surface area contributed by atoms with E-state index in [2.05, 4.69) is 4.84 Å². The van der Waals surface area contributed by atoms with Gasteiger partial charge in [-0.2, -0.15) is 0 Å². The molecule has 88 valence electrons. The zero-order valence-electron chi connectivity index (χ0n) is 9.19. The fourth-order valence-electron chi connectivity index (χ4n) is 1.74. The van der Waals surface area contributed by atoms with Gasteiger partial charge in [0.2, 0.25) is 0 Å². The lowest BCUT2D eigenvalue weighted by molar-refractivity contribution is 0.137. The summed E-state index contributed by atoms with van der Waals surface area (Å²) in [4.78, 5) is 4.58. The number of hydrogen-bond acceptors (Lipinski definition) is 5. The van der Waals surface area contributed by atoms with Crippen LogP contribution in [0.3, 0.4) is 0 Å². The molecule has 1 aromatic carbocycles. The molecule has 0 saturated carbocycles. The Morgan fingerprint density at radius 2 is 2.12 bits per heavy atom. The molecular formula is C11H15NO4. The standard InChI is InChI=1S/C11H15NO4/c1-13-9-2-3-10-11(15-7-6-14-10)8(9)4-5-16-12/h2-3H,4-7,12H2,1H3. The maximum atomic E-state index is 5.59. The van der Waals surface area contributed by atoms with Crippen molar-refractivity contribution in [1.29, 1.82) is 0 Å². The van der Waals surface area contributed by atoms with Gasteiger partial charge in [0.15, 0.2) is 11.5 Å². The Morgan fingerprint density at radius 1 is 1.31 bits per heavy atom. The van der Waals surface area contributed by atoms with Crippen molar-refractivity contribution in [2.24, 2.45) is 5.90 Å². The normalized spacial score (nSPS) is 13.6. The van der Waals surface area contributed by atoms with Crippen LogP contribution >= 0.6 is 0 Å². The maximum absolute atomic E-state index is 5.59. The first-order chi connectivity index (χ1) is 7.86. The van der Waals surface area contributed by atoms with E-state index in [9.17, 15) is 0 Å². The van der Waals surface area contributed by atoms with E-state index in [-0.39, 0.29) is 0 Å². The van der Waals surface area contributed by atoms with Crippen molar-refractivity contribution in [3.63, 3.8) is 0 Å². The van der Waals surface area contributed by atoms with Gasteiger partial charge in [0.05, 0.1) is 13.7 Å². The molecule has 0 aliphatic carbocycles. The number of benzene rings is 1. The fourth-order valence-corrected chi connectivity index (χ4v) is 1.74. The average molecular weight is 225 g/mol. The molecule has 1 heterocycles. The molecule has 1 aromatic rings. The lowest BCUT2D eigenvalue weighted by atomic mass is 10.1. The molecule has 0 aromatic heterocycles. The molecule has 1 aliphatic rings. The van der Waals surface area contributed by atoms with Gasteiger partial charge in [-0.1, -0.05) is 0 Å². The van der Waals surface area contributed by atoms with E-state index in [0.717, 1.165) is 22.8 Å². The molecule has 5 heteroatoms. The fraction of sp³-hybridized carbons (Fsp3) is 0.455. The molecule has 16 heavy (non-hydrogen) atoms. The van der Waals surface area contributed by atoms with Crippen LogP contribution in [0, 0.1) is 0 Å². The minimum atomic E-state index is 0.413. The largest absolute Gasteiger partial charge is 0.496 e. The van der Waals surface area contributed by atoms with Crippen molar-refractivity contribution in [2.45, 2.75) is 6.42 Å². The van der Waals surface area contributed by atoms with Gasteiger partial charge in [-0.05, 0) is 12.1 Å². The van der Waals surface area contributed by atoms with Gasteiger partial charge in [-0.3, -0.25) is 0 Å². The van der Waals surface area contributed by atoms with Crippen LogP contribution in [0.2, 0.25) is 0 Å². The number of fused-ring (bicyclic) bond motifs is 1. The Morgan fingerprint density at radius 3 is 2.88 bits per heavy atom. The van der Waals surface area contributed by atoms with Gasteiger partial charge in [0.25, 0.3) is 0 Å². The van der Waals surface area contributed by atoms with Crippen molar-refractivity contribution in [3.05, 3.63) is 17.7 Å². The SMILES string of the molecule is COc1ccc2c(c1CCON)OCCO2. The maximum Gasteiger partial charge on any atom is 0.168 e. The Hall–Kier alpha value is -1.46. The van der Waals surface area contributed by atoms with Crippen molar-refractivity contribution in [2.75, 3.05) is 26.9 Å². The number of methoxy groups -OCH3 is 1.